The SMILES string of the molecule is Cc1cc(C)cc(C2(C(=O)N3CCC(N)C(C)(C)C3)CC2)c1. The van der Waals surface area contributed by atoms with Crippen molar-refractivity contribution in [2.75, 3.05) is 13.1 Å². The van der Waals surface area contributed by atoms with Gasteiger partial charge >= 0.3 is 0 Å². The van der Waals surface area contributed by atoms with Gasteiger partial charge in [0.2, 0.25) is 5.91 Å². The number of carbonyl (C=O) groups excluding carboxylic acids is 1. The van der Waals surface area contributed by atoms with E-state index in [0.29, 0.717) is 5.91 Å². The standard InChI is InChI=1S/C19H28N2O/c1-13-9-14(2)11-15(10-13)19(6-7-19)17(22)21-8-5-16(20)18(3,4)12-21/h9-11,16H,5-8,12,20H2,1-4H3. The van der Waals surface area contributed by atoms with Gasteiger partial charge in [0.15, 0.2) is 0 Å². The zero-order chi connectivity index (χ0) is 16.1. The van der Waals surface area contributed by atoms with Gasteiger partial charge in [0.1, 0.15) is 0 Å². The van der Waals surface area contributed by atoms with Crippen LogP contribution < -0.4 is 5.73 Å². The number of hydrogen-bond acceptors (Lipinski definition) is 2. The monoisotopic (exact) mass is 300 g/mol. The van der Waals surface area contributed by atoms with Crippen molar-refractivity contribution >= 4 is 5.91 Å². The fraction of sp³-hybridized carbons (Fsp3) is 0.632. The van der Waals surface area contributed by atoms with E-state index in [1.54, 1.807) is 0 Å². The quantitative estimate of drug-likeness (QED) is 0.913. The van der Waals surface area contributed by atoms with Gasteiger partial charge < -0.3 is 10.6 Å². The van der Waals surface area contributed by atoms with Crippen LogP contribution in [-0.2, 0) is 10.2 Å². The summed E-state index contributed by atoms with van der Waals surface area (Å²) in [5.74, 6) is 0.317. The average molecular weight is 300 g/mol. The van der Waals surface area contributed by atoms with Crippen molar-refractivity contribution in [1.29, 1.82) is 0 Å². The summed E-state index contributed by atoms with van der Waals surface area (Å²) in [5, 5.41) is 0. The van der Waals surface area contributed by atoms with E-state index in [1.165, 1.54) is 16.7 Å². The van der Waals surface area contributed by atoms with Crippen LogP contribution >= 0.6 is 0 Å². The topological polar surface area (TPSA) is 46.3 Å². The Morgan fingerprint density at radius 1 is 1.18 bits per heavy atom. The molecule has 1 saturated carbocycles. The van der Waals surface area contributed by atoms with Crippen molar-refractivity contribution in [1.82, 2.24) is 4.90 Å². The van der Waals surface area contributed by atoms with Gasteiger partial charge in [-0.05, 0) is 44.1 Å². The van der Waals surface area contributed by atoms with E-state index in [9.17, 15) is 4.79 Å². The molecule has 1 aliphatic carbocycles. The number of nitrogens with two attached hydrogens (primary N) is 1. The van der Waals surface area contributed by atoms with Crippen LogP contribution in [0.25, 0.3) is 0 Å². The molecule has 22 heavy (non-hydrogen) atoms. The molecule has 1 aromatic rings. The maximum absolute atomic E-state index is 13.2. The molecule has 3 nitrogen and oxygen atoms in total. The normalized spacial score (nSPS) is 25.9. The van der Waals surface area contributed by atoms with Gasteiger partial charge in [-0.3, -0.25) is 4.79 Å². The third-order valence-electron chi connectivity index (χ3n) is 5.53. The third-order valence-corrected chi connectivity index (χ3v) is 5.53. The highest BCUT2D eigenvalue weighted by atomic mass is 16.2. The second kappa shape index (κ2) is 5.09. The van der Waals surface area contributed by atoms with E-state index < -0.39 is 0 Å². The smallest absolute Gasteiger partial charge is 0.233 e. The lowest BCUT2D eigenvalue weighted by atomic mass is 9.79. The van der Waals surface area contributed by atoms with Crippen LogP contribution in [0.4, 0.5) is 0 Å². The number of hydrogen-bond donors (Lipinski definition) is 1. The minimum absolute atomic E-state index is 0.00646. The van der Waals surface area contributed by atoms with Gasteiger partial charge in [0.25, 0.3) is 0 Å². The van der Waals surface area contributed by atoms with Gasteiger partial charge in [-0.15, -0.1) is 0 Å². The Balaban J connectivity index is 1.85. The zero-order valence-electron chi connectivity index (χ0n) is 14.3. The largest absolute Gasteiger partial charge is 0.341 e. The molecular weight excluding hydrogens is 272 g/mol. The molecule has 2 aliphatic rings. The fourth-order valence-electron chi connectivity index (χ4n) is 3.85. The van der Waals surface area contributed by atoms with Crippen molar-refractivity contribution in [3.05, 3.63) is 34.9 Å². The molecule has 1 heterocycles. The molecule has 1 aliphatic heterocycles. The van der Waals surface area contributed by atoms with E-state index in [0.717, 1.165) is 32.4 Å². The van der Waals surface area contributed by atoms with E-state index in [1.807, 2.05) is 0 Å². The molecule has 0 spiro atoms. The summed E-state index contributed by atoms with van der Waals surface area (Å²) >= 11 is 0. The number of aryl methyl sites for hydroxylation is 2. The fourth-order valence-corrected chi connectivity index (χ4v) is 3.85. The number of likely N-dealkylation sites (tertiary alicyclic amines) is 1. The number of carbonyl (C=O) groups is 1. The molecule has 2 fully saturated rings. The molecule has 1 unspecified atom stereocenters. The first-order chi connectivity index (χ1) is 10.2. The summed E-state index contributed by atoms with van der Waals surface area (Å²) in [5.41, 5.74) is 9.66. The van der Waals surface area contributed by atoms with Crippen LogP contribution in [-0.4, -0.2) is 29.9 Å². The van der Waals surface area contributed by atoms with Gasteiger partial charge in [0.05, 0.1) is 5.41 Å². The second-order valence-electron chi connectivity index (χ2n) is 8.07. The van der Waals surface area contributed by atoms with E-state index in [4.69, 9.17) is 5.73 Å². The molecule has 0 radical (unpaired) electrons. The number of benzene rings is 1. The molecular formula is C19H28N2O. The summed E-state index contributed by atoms with van der Waals surface area (Å²) in [4.78, 5) is 15.2. The van der Waals surface area contributed by atoms with Crippen molar-refractivity contribution < 1.29 is 4.79 Å². The van der Waals surface area contributed by atoms with Crippen molar-refractivity contribution in [2.24, 2.45) is 11.1 Å². The molecule has 1 aromatic carbocycles. The van der Waals surface area contributed by atoms with E-state index >= 15 is 0 Å². The summed E-state index contributed by atoms with van der Waals surface area (Å²) in [6.45, 7) is 10.1. The lowest BCUT2D eigenvalue weighted by Gasteiger charge is -2.43. The van der Waals surface area contributed by atoms with E-state index in [2.05, 4.69) is 50.8 Å². The summed E-state index contributed by atoms with van der Waals surface area (Å²) in [6, 6.07) is 6.75. The lowest BCUT2D eigenvalue weighted by molar-refractivity contribution is -0.137. The van der Waals surface area contributed by atoms with Crippen molar-refractivity contribution in [3.8, 4) is 0 Å². The van der Waals surface area contributed by atoms with Crippen LogP contribution in [0, 0.1) is 19.3 Å². The lowest BCUT2D eigenvalue weighted by Crippen LogP contribution is -2.55. The predicted octanol–water partition coefficient (Wildman–Crippen LogP) is 2.92. The van der Waals surface area contributed by atoms with Crippen LogP contribution in [0.1, 0.15) is 49.8 Å². The minimum Gasteiger partial charge on any atom is -0.341 e. The van der Waals surface area contributed by atoms with Crippen LogP contribution in [0.15, 0.2) is 18.2 Å². The maximum Gasteiger partial charge on any atom is 0.233 e. The Bertz CT molecular complexity index is 581. The average Bonchev–Trinajstić information content (AvgIpc) is 3.21. The number of amides is 1. The Hall–Kier alpha value is -1.35. The third kappa shape index (κ3) is 2.56. The molecule has 1 amide bonds. The molecule has 3 rings (SSSR count). The zero-order valence-corrected chi connectivity index (χ0v) is 14.3. The highest BCUT2D eigenvalue weighted by molar-refractivity contribution is 5.91. The van der Waals surface area contributed by atoms with Gasteiger partial charge in [-0.2, -0.15) is 0 Å². The molecule has 3 heteroatoms. The molecule has 1 saturated heterocycles. The highest BCUT2D eigenvalue weighted by Crippen LogP contribution is 2.50. The van der Waals surface area contributed by atoms with E-state index in [-0.39, 0.29) is 16.9 Å². The minimum atomic E-state index is -0.256. The molecule has 0 bridgehead atoms. The van der Waals surface area contributed by atoms with Crippen LogP contribution in [0.3, 0.4) is 0 Å². The Morgan fingerprint density at radius 2 is 1.77 bits per heavy atom. The molecule has 1 atom stereocenters. The first-order valence-corrected chi connectivity index (χ1v) is 8.38. The molecule has 120 valence electrons. The number of piperidine rings is 1. The molecule has 0 aromatic heterocycles. The van der Waals surface area contributed by atoms with Crippen molar-refractivity contribution in [3.63, 3.8) is 0 Å². The summed E-state index contributed by atoms with van der Waals surface area (Å²) in [6.07, 6.45) is 2.87. The first-order valence-electron chi connectivity index (χ1n) is 8.38. The first kappa shape index (κ1) is 15.5. The van der Waals surface area contributed by atoms with Gasteiger partial charge in [-0.1, -0.05) is 43.2 Å². The van der Waals surface area contributed by atoms with Gasteiger partial charge in [0, 0.05) is 19.1 Å². The van der Waals surface area contributed by atoms with Crippen molar-refractivity contribution in [2.45, 2.75) is 58.4 Å². The maximum atomic E-state index is 13.2. The Kier molecular flexibility index (Phi) is 3.59. The number of nitrogens with zero attached hydrogens (tertiary/aromatic N) is 1. The van der Waals surface area contributed by atoms with Gasteiger partial charge in [-0.25, -0.2) is 0 Å². The Labute approximate surface area is 133 Å². The highest BCUT2D eigenvalue weighted by Gasteiger charge is 2.54. The number of rotatable bonds is 2. The summed E-state index contributed by atoms with van der Waals surface area (Å²) < 4.78 is 0. The Morgan fingerprint density at radius 3 is 2.27 bits per heavy atom. The molecule has 2 N–H and O–H groups in total. The summed E-state index contributed by atoms with van der Waals surface area (Å²) in [7, 11) is 0. The van der Waals surface area contributed by atoms with Crippen LogP contribution in [0.5, 0.6) is 0 Å². The predicted molar refractivity (Wildman–Crippen MR) is 89.8 cm³/mol. The van der Waals surface area contributed by atoms with Crippen LogP contribution in [0.2, 0.25) is 0 Å². The second-order valence-corrected chi connectivity index (χ2v) is 8.07.